The molecule has 1 amide bonds. The van der Waals surface area contributed by atoms with Crippen LogP contribution in [0.25, 0.3) is 11.4 Å². The lowest BCUT2D eigenvalue weighted by atomic mass is 10.0. The number of nitrogens with one attached hydrogen (secondary N) is 1. The second kappa shape index (κ2) is 8.65. The second-order valence-corrected chi connectivity index (χ2v) is 8.03. The number of aromatic amines is 1. The van der Waals surface area contributed by atoms with Gasteiger partial charge in [0.05, 0.1) is 17.5 Å². The number of ether oxygens (including phenoxy) is 1. The van der Waals surface area contributed by atoms with Crippen LogP contribution in [0.5, 0.6) is 5.75 Å². The number of aromatic nitrogens is 3. The van der Waals surface area contributed by atoms with Crippen LogP contribution in [0.2, 0.25) is 0 Å². The van der Waals surface area contributed by atoms with Crippen molar-refractivity contribution in [2.75, 3.05) is 17.3 Å². The highest BCUT2D eigenvalue weighted by Crippen LogP contribution is 2.39. The summed E-state index contributed by atoms with van der Waals surface area (Å²) in [4.78, 5) is 19.7. The zero-order valence-electron chi connectivity index (χ0n) is 16.6. The maximum atomic E-state index is 13.4. The van der Waals surface area contributed by atoms with E-state index in [2.05, 4.69) is 15.2 Å². The number of nitrogens with zero attached hydrogens (tertiary/aromatic N) is 3. The molecule has 0 spiro atoms. The Hall–Kier alpha value is -3.58. The number of amides is 1. The van der Waals surface area contributed by atoms with E-state index < -0.39 is 0 Å². The zero-order chi connectivity index (χ0) is 21.0. The number of rotatable bonds is 5. The van der Waals surface area contributed by atoms with Crippen molar-refractivity contribution < 1.29 is 9.53 Å². The van der Waals surface area contributed by atoms with Crippen LogP contribution in [0, 0.1) is 0 Å². The molecule has 0 bridgehead atoms. The van der Waals surface area contributed by atoms with Gasteiger partial charge in [0.2, 0.25) is 11.1 Å². The number of anilines is 1. The lowest BCUT2D eigenvalue weighted by Crippen LogP contribution is -2.42. The quantitative estimate of drug-likeness (QED) is 0.465. The Morgan fingerprint density at radius 3 is 2.52 bits per heavy atom. The van der Waals surface area contributed by atoms with Crippen molar-refractivity contribution in [1.82, 2.24) is 15.2 Å². The zero-order valence-corrected chi connectivity index (χ0v) is 17.5. The first-order chi connectivity index (χ1) is 15.3. The Bertz CT molecular complexity index is 1180. The fourth-order valence-corrected chi connectivity index (χ4v) is 4.31. The van der Waals surface area contributed by atoms with Gasteiger partial charge in [0.1, 0.15) is 12.4 Å². The first-order valence-electron chi connectivity index (χ1n) is 9.99. The van der Waals surface area contributed by atoms with Gasteiger partial charge in [0.15, 0.2) is 5.82 Å². The SMILES string of the molecule is O=C(CSc1n[nH]c(-c2ccccc2)n1)N1c2ccccc2OC[C@@H]1c1ccccc1. The van der Waals surface area contributed by atoms with Crippen molar-refractivity contribution in [3.63, 3.8) is 0 Å². The van der Waals surface area contributed by atoms with Crippen LogP contribution in [0.4, 0.5) is 5.69 Å². The highest BCUT2D eigenvalue weighted by molar-refractivity contribution is 7.99. The third-order valence-electron chi connectivity index (χ3n) is 5.12. The van der Waals surface area contributed by atoms with Crippen LogP contribution < -0.4 is 9.64 Å². The molecule has 0 aliphatic carbocycles. The number of carbonyl (C=O) groups excluding carboxylic acids is 1. The van der Waals surface area contributed by atoms with Crippen LogP contribution in [0.15, 0.2) is 90.1 Å². The predicted molar refractivity (Wildman–Crippen MR) is 121 cm³/mol. The Labute approximate surface area is 184 Å². The van der Waals surface area contributed by atoms with E-state index in [0.717, 1.165) is 22.6 Å². The minimum absolute atomic E-state index is 0.0133. The molecule has 1 aromatic heterocycles. The highest BCUT2D eigenvalue weighted by atomic mass is 32.2. The lowest BCUT2D eigenvalue weighted by Gasteiger charge is -2.37. The molecular formula is C24H20N4O2S. The summed E-state index contributed by atoms with van der Waals surface area (Å²) in [6, 6.07) is 27.2. The molecule has 5 rings (SSSR count). The molecule has 1 atom stereocenters. The van der Waals surface area contributed by atoms with E-state index in [1.165, 1.54) is 11.8 Å². The molecular weight excluding hydrogens is 408 g/mol. The molecule has 7 heteroatoms. The smallest absolute Gasteiger partial charge is 0.238 e. The number of H-pyrrole nitrogens is 1. The summed E-state index contributed by atoms with van der Waals surface area (Å²) in [7, 11) is 0. The molecule has 6 nitrogen and oxygen atoms in total. The van der Waals surface area contributed by atoms with Gasteiger partial charge in [-0.05, 0) is 17.7 Å². The van der Waals surface area contributed by atoms with Crippen molar-refractivity contribution in [3.8, 4) is 17.1 Å². The molecule has 1 aliphatic rings. The molecule has 0 fully saturated rings. The van der Waals surface area contributed by atoms with E-state index in [0.29, 0.717) is 17.6 Å². The summed E-state index contributed by atoms with van der Waals surface area (Å²) in [5.41, 5.74) is 2.78. The number of hydrogen-bond donors (Lipinski definition) is 1. The van der Waals surface area contributed by atoms with Gasteiger partial charge in [-0.25, -0.2) is 4.98 Å². The first-order valence-corrected chi connectivity index (χ1v) is 11.0. The lowest BCUT2D eigenvalue weighted by molar-refractivity contribution is -0.117. The van der Waals surface area contributed by atoms with Crippen molar-refractivity contribution in [2.24, 2.45) is 0 Å². The highest BCUT2D eigenvalue weighted by Gasteiger charge is 2.33. The molecule has 0 radical (unpaired) electrons. The van der Waals surface area contributed by atoms with E-state index in [1.54, 1.807) is 0 Å². The van der Waals surface area contributed by atoms with Crippen LogP contribution in [0.1, 0.15) is 11.6 Å². The number of hydrogen-bond acceptors (Lipinski definition) is 5. The summed E-state index contributed by atoms with van der Waals surface area (Å²) >= 11 is 1.32. The summed E-state index contributed by atoms with van der Waals surface area (Å²) in [5.74, 6) is 1.62. The van der Waals surface area contributed by atoms with Gasteiger partial charge in [-0.2, -0.15) is 0 Å². The summed E-state index contributed by atoms with van der Waals surface area (Å²) in [6.45, 7) is 0.413. The average Bonchev–Trinajstić information content (AvgIpc) is 3.32. The van der Waals surface area contributed by atoms with Gasteiger partial charge < -0.3 is 4.74 Å². The second-order valence-electron chi connectivity index (χ2n) is 7.09. The number of benzene rings is 3. The van der Waals surface area contributed by atoms with E-state index >= 15 is 0 Å². The summed E-state index contributed by atoms with van der Waals surface area (Å²) in [5, 5.41) is 7.76. The van der Waals surface area contributed by atoms with Gasteiger partial charge in [0.25, 0.3) is 0 Å². The van der Waals surface area contributed by atoms with Crippen molar-refractivity contribution >= 4 is 23.4 Å². The molecule has 0 saturated heterocycles. The fourth-order valence-electron chi connectivity index (χ4n) is 3.65. The minimum Gasteiger partial charge on any atom is -0.489 e. The van der Waals surface area contributed by atoms with Crippen LogP contribution >= 0.6 is 11.8 Å². The molecule has 0 unspecified atom stereocenters. The van der Waals surface area contributed by atoms with Crippen LogP contribution in [0.3, 0.4) is 0 Å². The molecule has 4 aromatic rings. The predicted octanol–water partition coefficient (Wildman–Crippen LogP) is 4.73. The largest absolute Gasteiger partial charge is 0.489 e. The van der Waals surface area contributed by atoms with Crippen LogP contribution in [-0.2, 0) is 4.79 Å². The van der Waals surface area contributed by atoms with E-state index in [-0.39, 0.29) is 17.7 Å². The normalized spacial score (nSPS) is 15.2. The summed E-state index contributed by atoms with van der Waals surface area (Å²) < 4.78 is 5.96. The molecule has 3 aromatic carbocycles. The third-order valence-corrected chi connectivity index (χ3v) is 5.96. The topological polar surface area (TPSA) is 71.1 Å². The Morgan fingerprint density at radius 2 is 1.71 bits per heavy atom. The molecule has 0 saturated carbocycles. The molecule has 1 aliphatic heterocycles. The van der Waals surface area contributed by atoms with Crippen molar-refractivity contribution in [3.05, 3.63) is 90.5 Å². The Balaban J connectivity index is 1.37. The average molecular weight is 429 g/mol. The van der Waals surface area contributed by atoms with Gasteiger partial charge in [-0.3, -0.25) is 14.8 Å². The van der Waals surface area contributed by atoms with E-state index in [9.17, 15) is 4.79 Å². The first kappa shape index (κ1) is 19.4. The Morgan fingerprint density at radius 1 is 1.00 bits per heavy atom. The van der Waals surface area contributed by atoms with Gasteiger partial charge in [0, 0.05) is 5.56 Å². The van der Waals surface area contributed by atoms with Crippen molar-refractivity contribution in [1.29, 1.82) is 0 Å². The summed E-state index contributed by atoms with van der Waals surface area (Å²) in [6.07, 6.45) is 0. The third kappa shape index (κ3) is 4.04. The molecule has 2 heterocycles. The number of thioether (sulfide) groups is 1. The maximum Gasteiger partial charge on any atom is 0.238 e. The molecule has 1 N–H and O–H groups in total. The standard InChI is InChI=1S/C24H20N4O2S/c29-22(16-31-24-25-23(26-27-24)18-11-5-2-6-12-18)28-19-13-7-8-14-21(19)30-15-20(28)17-9-3-1-4-10-17/h1-14,20H,15-16H2,(H,25,26,27)/t20-/m1/s1. The number of carbonyl (C=O) groups is 1. The molecule has 154 valence electrons. The van der Waals surface area contributed by atoms with Gasteiger partial charge >= 0.3 is 0 Å². The fraction of sp³-hybridized carbons (Fsp3) is 0.125. The van der Waals surface area contributed by atoms with Gasteiger partial charge in [-0.1, -0.05) is 84.6 Å². The number of para-hydroxylation sites is 2. The maximum absolute atomic E-state index is 13.4. The van der Waals surface area contributed by atoms with E-state index in [4.69, 9.17) is 4.74 Å². The Kier molecular flexibility index (Phi) is 5.41. The molecule has 31 heavy (non-hydrogen) atoms. The minimum atomic E-state index is -0.184. The van der Waals surface area contributed by atoms with E-state index in [1.807, 2.05) is 89.8 Å². The van der Waals surface area contributed by atoms with Gasteiger partial charge in [-0.15, -0.1) is 5.10 Å². The monoisotopic (exact) mass is 428 g/mol. The number of fused-ring (bicyclic) bond motifs is 1. The van der Waals surface area contributed by atoms with Crippen molar-refractivity contribution in [2.45, 2.75) is 11.2 Å². The van der Waals surface area contributed by atoms with Crippen LogP contribution in [-0.4, -0.2) is 33.4 Å².